The summed E-state index contributed by atoms with van der Waals surface area (Å²) in [5, 5.41) is 1.23. The number of hydrogen-bond donors (Lipinski definition) is 1. The van der Waals surface area contributed by atoms with Crippen molar-refractivity contribution in [1.82, 2.24) is 9.97 Å². The van der Waals surface area contributed by atoms with Crippen LogP contribution in [0, 0.1) is 5.41 Å². The van der Waals surface area contributed by atoms with Crippen molar-refractivity contribution in [3.8, 4) is 11.3 Å². The van der Waals surface area contributed by atoms with Crippen molar-refractivity contribution in [3.05, 3.63) is 52.3 Å². The van der Waals surface area contributed by atoms with Gasteiger partial charge in [-0.2, -0.15) is 0 Å². The highest BCUT2D eigenvalue weighted by Crippen LogP contribution is 2.38. The summed E-state index contributed by atoms with van der Waals surface area (Å²) in [6.07, 6.45) is 2.63. The van der Waals surface area contributed by atoms with E-state index in [4.69, 9.17) is 9.47 Å². The predicted molar refractivity (Wildman–Crippen MR) is 114 cm³/mol. The van der Waals surface area contributed by atoms with Crippen molar-refractivity contribution in [2.75, 3.05) is 20.8 Å². The third-order valence-corrected chi connectivity index (χ3v) is 5.40. The molecule has 0 saturated carbocycles. The summed E-state index contributed by atoms with van der Waals surface area (Å²) in [4.78, 5) is 8.24. The van der Waals surface area contributed by atoms with E-state index in [9.17, 15) is 0 Å². The highest BCUT2D eigenvalue weighted by Gasteiger charge is 2.25. The molecule has 0 spiro atoms. The van der Waals surface area contributed by atoms with Gasteiger partial charge in [0, 0.05) is 41.4 Å². The first kappa shape index (κ1) is 20.1. The van der Waals surface area contributed by atoms with Crippen LogP contribution < -0.4 is 0 Å². The van der Waals surface area contributed by atoms with Crippen LogP contribution in [0.5, 0.6) is 0 Å². The lowest BCUT2D eigenvalue weighted by molar-refractivity contribution is 0.105. The average Bonchev–Trinajstić information content (AvgIpc) is 2.98. The normalized spacial score (nSPS) is 13.3. The van der Waals surface area contributed by atoms with Crippen LogP contribution in [0.25, 0.3) is 22.2 Å². The molecule has 0 bridgehead atoms. The summed E-state index contributed by atoms with van der Waals surface area (Å²) < 4.78 is 12.1. The number of benzene rings is 1. The van der Waals surface area contributed by atoms with E-state index < -0.39 is 0 Å². The molecule has 3 rings (SSSR count). The average molecular weight is 431 g/mol. The predicted octanol–water partition coefficient (Wildman–Crippen LogP) is 5.91. The molecule has 1 N–H and O–H groups in total. The first-order valence-corrected chi connectivity index (χ1v) is 9.92. The van der Waals surface area contributed by atoms with Crippen molar-refractivity contribution >= 4 is 26.8 Å². The molecule has 0 aliphatic heterocycles. The Morgan fingerprint density at radius 1 is 1.22 bits per heavy atom. The van der Waals surface area contributed by atoms with Gasteiger partial charge in [-0.05, 0) is 54.7 Å². The van der Waals surface area contributed by atoms with Gasteiger partial charge < -0.3 is 14.5 Å². The van der Waals surface area contributed by atoms with Crippen LogP contribution in [0.4, 0.5) is 0 Å². The number of fused-ring (bicyclic) bond motifs is 1. The van der Waals surface area contributed by atoms with Crippen LogP contribution in [0.2, 0.25) is 0 Å². The minimum Gasteiger partial charge on any atom is -0.384 e. The number of aromatic nitrogens is 2. The highest BCUT2D eigenvalue weighted by molar-refractivity contribution is 9.10. The van der Waals surface area contributed by atoms with E-state index in [1.165, 1.54) is 10.9 Å². The number of methoxy groups -OCH3 is 2. The van der Waals surface area contributed by atoms with Gasteiger partial charge in [0.15, 0.2) is 0 Å². The maximum atomic E-state index is 5.57. The van der Waals surface area contributed by atoms with Gasteiger partial charge in [0.25, 0.3) is 0 Å². The fraction of sp³-hybridized carbons (Fsp3) is 0.409. The lowest BCUT2D eigenvalue weighted by Crippen LogP contribution is -2.21. The van der Waals surface area contributed by atoms with Crippen LogP contribution in [0.15, 0.2) is 41.0 Å². The Kier molecular flexibility index (Phi) is 6.04. The largest absolute Gasteiger partial charge is 0.384 e. The molecule has 0 aliphatic rings. The number of ether oxygens (including phenoxy) is 2. The number of nitrogens with one attached hydrogen (secondary N) is 1. The van der Waals surface area contributed by atoms with Crippen molar-refractivity contribution in [3.63, 3.8) is 0 Å². The summed E-state index contributed by atoms with van der Waals surface area (Å²) in [5.41, 5.74) is 5.55. The van der Waals surface area contributed by atoms with Gasteiger partial charge in [-0.25, -0.2) is 0 Å². The molecule has 2 heterocycles. The standard InChI is InChI=1S/C22H27BrN2O2/c1-14(27-5)20-16(7-6-10-24-20)21-18(12-22(2,3)13-26-4)17-11-15(23)8-9-19(17)25-21/h6-11,14,25H,12-13H2,1-5H3/t14-/m0/s1. The molecule has 5 heteroatoms. The van der Waals surface area contributed by atoms with Crippen LogP contribution in [-0.2, 0) is 15.9 Å². The van der Waals surface area contributed by atoms with Crippen LogP contribution in [0.3, 0.4) is 0 Å². The van der Waals surface area contributed by atoms with Crippen LogP contribution in [0.1, 0.15) is 38.1 Å². The second-order valence-electron chi connectivity index (χ2n) is 7.76. The Balaban J connectivity index is 2.23. The summed E-state index contributed by atoms with van der Waals surface area (Å²) in [6, 6.07) is 10.5. The molecule has 2 aromatic heterocycles. The Morgan fingerprint density at radius 2 is 2.00 bits per heavy atom. The summed E-state index contributed by atoms with van der Waals surface area (Å²) >= 11 is 3.62. The van der Waals surface area contributed by atoms with Crippen LogP contribution >= 0.6 is 15.9 Å². The number of hydrogen-bond acceptors (Lipinski definition) is 3. The van der Waals surface area contributed by atoms with Crippen molar-refractivity contribution in [2.45, 2.75) is 33.3 Å². The lowest BCUT2D eigenvalue weighted by Gasteiger charge is -2.24. The molecule has 4 nitrogen and oxygen atoms in total. The van der Waals surface area contributed by atoms with Crippen molar-refractivity contribution in [1.29, 1.82) is 0 Å². The SMILES string of the molecule is COCC(C)(C)Cc1c(-c2cccnc2[C@H](C)OC)[nH]c2ccc(Br)cc12. The van der Waals surface area contributed by atoms with Gasteiger partial charge in [0.05, 0.1) is 24.1 Å². The summed E-state index contributed by atoms with van der Waals surface area (Å²) in [7, 11) is 3.47. The Labute approximate surface area is 169 Å². The van der Waals surface area contributed by atoms with Gasteiger partial charge in [0.2, 0.25) is 0 Å². The molecule has 0 fully saturated rings. The summed E-state index contributed by atoms with van der Waals surface area (Å²) in [5.74, 6) is 0. The van der Waals surface area contributed by atoms with Gasteiger partial charge >= 0.3 is 0 Å². The number of pyridine rings is 1. The number of halogens is 1. The maximum absolute atomic E-state index is 5.57. The molecular weight excluding hydrogens is 404 g/mol. The fourth-order valence-corrected chi connectivity index (χ4v) is 3.98. The van der Waals surface area contributed by atoms with E-state index in [-0.39, 0.29) is 11.5 Å². The highest BCUT2D eigenvalue weighted by atomic mass is 79.9. The van der Waals surface area contributed by atoms with Gasteiger partial charge in [-0.1, -0.05) is 29.8 Å². The number of H-pyrrole nitrogens is 1. The van der Waals surface area contributed by atoms with E-state index in [2.05, 4.69) is 64.0 Å². The Hall–Kier alpha value is -1.69. The van der Waals surface area contributed by atoms with Crippen molar-refractivity contribution in [2.24, 2.45) is 5.41 Å². The van der Waals surface area contributed by atoms with Crippen molar-refractivity contribution < 1.29 is 9.47 Å². The third-order valence-electron chi connectivity index (χ3n) is 4.91. The molecule has 1 aromatic carbocycles. The van der Waals surface area contributed by atoms with E-state index in [0.29, 0.717) is 6.61 Å². The van der Waals surface area contributed by atoms with E-state index in [1.54, 1.807) is 14.2 Å². The topological polar surface area (TPSA) is 47.1 Å². The number of rotatable bonds is 7. The molecule has 0 saturated heterocycles. The quantitative estimate of drug-likeness (QED) is 0.506. The summed E-state index contributed by atoms with van der Waals surface area (Å²) in [6.45, 7) is 7.19. The molecule has 144 valence electrons. The molecule has 27 heavy (non-hydrogen) atoms. The zero-order valence-corrected chi connectivity index (χ0v) is 18.2. The minimum atomic E-state index is -0.0841. The van der Waals surface area contributed by atoms with E-state index >= 15 is 0 Å². The second-order valence-corrected chi connectivity index (χ2v) is 8.67. The molecular formula is C22H27BrN2O2. The molecule has 0 unspecified atom stereocenters. The zero-order valence-electron chi connectivity index (χ0n) is 16.6. The van der Waals surface area contributed by atoms with E-state index in [0.717, 1.165) is 33.4 Å². The van der Waals surface area contributed by atoms with Crippen LogP contribution in [-0.4, -0.2) is 30.8 Å². The third kappa shape index (κ3) is 4.26. The lowest BCUT2D eigenvalue weighted by atomic mass is 9.84. The fourth-order valence-electron chi connectivity index (χ4n) is 3.62. The molecule has 0 amide bonds. The number of nitrogens with zero attached hydrogens (tertiary/aromatic N) is 1. The molecule has 3 aromatic rings. The smallest absolute Gasteiger partial charge is 0.0969 e. The molecule has 0 radical (unpaired) electrons. The van der Waals surface area contributed by atoms with Gasteiger partial charge in [0.1, 0.15) is 0 Å². The monoisotopic (exact) mass is 430 g/mol. The van der Waals surface area contributed by atoms with Gasteiger partial charge in [-0.15, -0.1) is 0 Å². The van der Waals surface area contributed by atoms with E-state index in [1.807, 2.05) is 19.2 Å². The maximum Gasteiger partial charge on any atom is 0.0969 e. The Morgan fingerprint density at radius 3 is 2.70 bits per heavy atom. The Bertz CT molecular complexity index is 933. The second kappa shape index (κ2) is 8.13. The minimum absolute atomic E-state index is 0.0101. The molecule has 0 aliphatic carbocycles. The van der Waals surface area contributed by atoms with Gasteiger partial charge in [-0.3, -0.25) is 4.98 Å². The number of aromatic amines is 1. The molecule has 1 atom stereocenters. The zero-order chi connectivity index (χ0) is 19.6. The first-order valence-electron chi connectivity index (χ1n) is 9.13. The first-order chi connectivity index (χ1) is 12.9.